The summed E-state index contributed by atoms with van der Waals surface area (Å²) in [5.74, 6) is 0.617. The minimum Gasteiger partial charge on any atom is -0.352 e. The van der Waals surface area contributed by atoms with Crippen LogP contribution in [0.2, 0.25) is 0 Å². The highest BCUT2D eigenvalue weighted by Crippen LogP contribution is 2.20. The van der Waals surface area contributed by atoms with E-state index in [1.54, 1.807) is 7.05 Å². The molecule has 1 aliphatic heterocycles. The molecular weight excluding hydrogens is 494 g/mol. The van der Waals surface area contributed by atoms with E-state index in [0.29, 0.717) is 38.1 Å². The Morgan fingerprint density at radius 3 is 2.52 bits per heavy atom. The molecule has 0 aliphatic carbocycles. The molecule has 0 radical (unpaired) electrons. The average molecular weight is 527 g/mol. The molecule has 0 bridgehead atoms. The summed E-state index contributed by atoms with van der Waals surface area (Å²) in [7, 11) is 3.78. The number of nitrogens with one attached hydrogen (secondary N) is 2. The lowest BCUT2D eigenvalue weighted by Gasteiger charge is -2.23. The van der Waals surface area contributed by atoms with Crippen molar-refractivity contribution in [1.29, 1.82) is 0 Å². The molecule has 2 rings (SSSR count). The summed E-state index contributed by atoms with van der Waals surface area (Å²) >= 11 is 0. The minimum absolute atomic E-state index is 0. The lowest BCUT2D eigenvalue weighted by molar-refractivity contribution is -0.143. The van der Waals surface area contributed by atoms with Crippen molar-refractivity contribution in [3.8, 4) is 0 Å². The van der Waals surface area contributed by atoms with Crippen molar-refractivity contribution < 1.29 is 13.2 Å². The van der Waals surface area contributed by atoms with E-state index in [1.165, 1.54) is 16.0 Å². The Kier molecular flexibility index (Phi) is 10.7. The van der Waals surface area contributed by atoms with E-state index < -0.39 is 12.7 Å². The maximum Gasteiger partial charge on any atom is 0.401 e. The van der Waals surface area contributed by atoms with Gasteiger partial charge in [0.2, 0.25) is 0 Å². The van der Waals surface area contributed by atoms with Crippen LogP contribution in [0.3, 0.4) is 0 Å². The SMILES string of the molecule is CN=C(NCc1ccccc1CN(C)C(C)C)NC1CCN(CC(F)(F)F)C1.I. The first-order chi connectivity index (χ1) is 13.2. The van der Waals surface area contributed by atoms with Gasteiger partial charge in [-0.15, -0.1) is 24.0 Å². The fourth-order valence-electron chi connectivity index (χ4n) is 3.25. The summed E-state index contributed by atoms with van der Waals surface area (Å²) in [6.07, 6.45) is -3.48. The Labute approximate surface area is 189 Å². The number of rotatable bonds is 7. The lowest BCUT2D eigenvalue weighted by Crippen LogP contribution is -2.45. The fourth-order valence-corrected chi connectivity index (χ4v) is 3.25. The van der Waals surface area contributed by atoms with Crippen LogP contribution in [-0.4, -0.2) is 67.7 Å². The quantitative estimate of drug-likeness (QED) is 0.324. The van der Waals surface area contributed by atoms with Gasteiger partial charge in [0.05, 0.1) is 6.54 Å². The van der Waals surface area contributed by atoms with Gasteiger partial charge in [-0.1, -0.05) is 24.3 Å². The molecule has 1 atom stereocenters. The molecule has 5 nitrogen and oxygen atoms in total. The number of nitrogens with zero attached hydrogens (tertiary/aromatic N) is 3. The molecular formula is C20H33F3IN5. The van der Waals surface area contributed by atoms with Crippen LogP contribution in [0.25, 0.3) is 0 Å². The van der Waals surface area contributed by atoms with Crippen molar-refractivity contribution in [3.63, 3.8) is 0 Å². The maximum absolute atomic E-state index is 12.5. The Balaban J connectivity index is 0.00000420. The number of benzene rings is 1. The van der Waals surface area contributed by atoms with Crippen molar-refractivity contribution in [3.05, 3.63) is 35.4 Å². The Hall–Kier alpha value is -1.07. The topological polar surface area (TPSA) is 42.9 Å². The first-order valence-electron chi connectivity index (χ1n) is 9.71. The number of alkyl halides is 3. The van der Waals surface area contributed by atoms with E-state index in [-0.39, 0.29) is 30.0 Å². The highest BCUT2D eigenvalue weighted by molar-refractivity contribution is 14.0. The van der Waals surface area contributed by atoms with E-state index >= 15 is 0 Å². The second-order valence-electron chi connectivity index (χ2n) is 7.68. The van der Waals surface area contributed by atoms with Crippen LogP contribution in [-0.2, 0) is 13.1 Å². The van der Waals surface area contributed by atoms with E-state index in [2.05, 4.69) is 53.6 Å². The van der Waals surface area contributed by atoms with Crippen LogP contribution in [0, 0.1) is 0 Å². The average Bonchev–Trinajstić information content (AvgIpc) is 3.04. The summed E-state index contributed by atoms with van der Waals surface area (Å²) in [6.45, 7) is 5.76. The van der Waals surface area contributed by atoms with E-state index in [1.807, 2.05) is 12.1 Å². The Morgan fingerprint density at radius 1 is 1.28 bits per heavy atom. The predicted octanol–water partition coefficient (Wildman–Crippen LogP) is 3.45. The second-order valence-corrected chi connectivity index (χ2v) is 7.68. The number of hydrogen-bond donors (Lipinski definition) is 2. The Morgan fingerprint density at radius 2 is 1.93 bits per heavy atom. The molecule has 166 valence electrons. The molecule has 1 saturated heterocycles. The number of hydrogen-bond acceptors (Lipinski definition) is 3. The number of aliphatic imine (C=N–C) groups is 1. The first-order valence-corrected chi connectivity index (χ1v) is 9.71. The van der Waals surface area contributed by atoms with Crippen molar-refractivity contribution in [1.82, 2.24) is 20.4 Å². The van der Waals surface area contributed by atoms with E-state index in [9.17, 15) is 13.2 Å². The van der Waals surface area contributed by atoms with Gasteiger partial charge in [0.15, 0.2) is 5.96 Å². The monoisotopic (exact) mass is 527 g/mol. The van der Waals surface area contributed by atoms with Gasteiger partial charge in [-0.2, -0.15) is 13.2 Å². The van der Waals surface area contributed by atoms with Crippen LogP contribution in [0.4, 0.5) is 13.2 Å². The number of halogens is 4. The van der Waals surface area contributed by atoms with Crippen LogP contribution in [0.5, 0.6) is 0 Å². The van der Waals surface area contributed by atoms with Gasteiger partial charge >= 0.3 is 6.18 Å². The van der Waals surface area contributed by atoms with Crippen molar-refractivity contribution >= 4 is 29.9 Å². The summed E-state index contributed by atoms with van der Waals surface area (Å²) in [4.78, 5) is 7.94. The van der Waals surface area contributed by atoms with E-state index in [0.717, 1.165) is 6.54 Å². The summed E-state index contributed by atoms with van der Waals surface area (Å²) < 4.78 is 37.6. The largest absolute Gasteiger partial charge is 0.401 e. The molecule has 0 aromatic heterocycles. The van der Waals surface area contributed by atoms with Crippen molar-refractivity contribution in [2.45, 2.75) is 51.6 Å². The standard InChI is InChI=1S/C20H32F3N5.HI/c1-15(2)27(4)12-17-8-6-5-7-16(17)11-25-19(24-3)26-18-9-10-28(13-18)14-20(21,22)23;/h5-8,15,18H,9-14H2,1-4H3,(H2,24,25,26);1H. The molecule has 1 unspecified atom stereocenters. The molecule has 1 aromatic carbocycles. The molecule has 0 amide bonds. The molecule has 2 N–H and O–H groups in total. The van der Waals surface area contributed by atoms with Gasteiger partial charge in [-0.25, -0.2) is 0 Å². The van der Waals surface area contributed by atoms with Gasteiger partial charge in [0.1, 0.15) is 0 Å². The molecule has 0 spiro atoms. The highest BCUT2D eigenvalue weighted by atomic mass is 127. The minimum atomic E-state index is -4.15. The van der Waals surface area contributed by atoms with Crippen LogP contribution >= 0.6 is 24.0 Å². The maximum atomic E-state index is 12.5. The molecule has 0 saturated carbocycles. The van der Waals surface area contributed by atoms with Gasteiger partial charge in [0.25, 0.3) is 0 Å². The zero-order chi connectivity index (χ0) is 20.7. The highest BCUT2D eigenvalue weighted by Gasteiger charge is 2.34. The number of likely N-dealkylation sites (tertiary alicyclic amines) is 1. The van der Waals surface area contributed by atoms with Crippen molar-refractivity contribution in [2.24, 2.45) is 4.99 Å². The second kappa shape index (κ2) is 11.9. The third-order valence-corrected chi connectivity index (χ3v) is 5.11. The van der Waals surface area contributed by atoms with E-state index in [4.69, 9.17) is 0 Å². The van der Waals surface area contributed by atoms with Gasteiger partial charge < -0.3 is 10.6 Å². The molecule has 1 fully saturated rings. The third-order valence-electron chi connectivity index (χ3n) is 5.11. The zero-order valence-corrected chi connectivity index (χ0v) is 19.9. The molecule has 29 heavy (non-hydrogen) atoms. The fraction of sp³-hybridized carbons (Fsp3) is 0.650. The smallest absolute Gasteiger partial charge is 0.352 e. The van der Waals surface area contributed by atoms with Crippen LogP contribution < -0.4 is 10.6 Å². The van der Waals surface area contributed by atoms with Gasteiger partial charge in [-0.05, 0) is 38.4 Å². The van der Waals surface area contributed by atoms with Gasteiger partial charge in [-0.3, -0.25) is 14.8 Å². The summed E-state index contributed by atoms with van der Waals surface area (Å²) in [6, 6.07) is 8.68. The lowest BCUT2D eigenvalue weighted by atomic mass is 10.1. The molecule has 9 heteroatoms. The zero-order valence-electron chi connectivity index (χ0n) is 17.6. The molecule has 1 aliphatic rings. The first kappa shape index (κ1) is 26.0. The summed E-state index contributed by atoms with van der Waals surface area (Å²) in [5.41, 5.74) is 2.43. The van der Waals surface area contributed by atoms with Gasteiger partial charge in [0, 0.05) is 45.3 Å². The van der Waals surface area contributed by atoms with Crippen LogP contribution in [0.1, 0.15) is 31.4 Å². The normalized spacial score (nSPS) is 18.2. The summed E-state index contributed by atoms with van der Waals surface area (Å²) in [5, 5.41) is 6.55. The van der Waals surface area contributed by atoms with Crippen molar-refractivity contribution in [2.75, 3.05) is 33.7 Å². The molecule has 1 aromatic rings. The Bertz CT molecular complexity index is 651. The predicted molar refractivity (Wildman–Crippen MR) is 123 cm³/mol. The molecule has 1 heterocycles. The third kappa shape index (κ3) is 9.08. The number of guanidine groups is 1. The van der Waals surface area contributed by atoms with Crippen LogP contribution in [0.15, 0.2) is 29.3 Å².